The largest absolute Gasteiger partial charge is 0.396 e. The van der Waals surface area contributed by atoms with Gasteiger partial charge in [0.15, 0.2) is 0 Å². The summed E-state index contributed by atoms with van der Waals surface area (Å²) in [7, 11) is -1.48. The van der Waals surface area contributed by atoms with Gasteiger partial charge in [-0.05, 0) is 6.42 Å². The number of hydrogen-bond donors (Lipinski definition) is 1. The quantitative estimate of drug-likeness (QED) is 0.488. The summed E-state index contributed by atoms with van der Waals surface area (Å²) in [5, 5.41) is 8.33. The van der Waals surface area contributed by atoms with Crippen molar-refractivity contribution in [1.82, 2.24) is 0 Å². The van der Waals surface area contributed by atoms with Crippen molar-refractivity contribution in [2.24, 2.45) is 0 Å². The SMILES string of the molecule is COP(C)(=O)OCCCO. The minimum Gasteiger partial charge on any atom is -0.396 e. The van der Waals surface area contributed by atoms with E-state index in [-0.39, 0.29) is 13.2 Å². The van der Waals surface area contributed by atoms with Gasteiger partial charge in [-0.15, -0.1) is 0 Å². The van der Waals surface area contributed by atoms with Crippen LogP contribution in [0.25, 0.3) is 0 Å². The van der Waals surface area contributed by atoms with Crippen LogP contribution in [0.1, 0.15) is 6.42 Å². The molecule has 0 saturated heterocycles. The molecule has 0 aromatic heterocycles. The molecular formula is C5H13O4P. The Morgan fingerprint density at radius 1 is 1.60 bits per heavy atom. The number of rotatable bonds is 5. The van der Waals surface area contributed by atoms with Crippen LogP contribution in [-0.4, -0.2) is 32.1 Å². The van der Waals surface area contributed by atoms with Crippen LogP contribution in [0.2, 0.25) is 0 Å². The first-order valence-electron chi connectivity index (χ1n) is 3.01. The molecule has 0 aliphatic rings. The highest BCUT2D eigenvalue weighted by Gasteiger charge is 2.12. The highest BCUT2D eigenvalue weighted by molar-refractivity contribution is 7.52. The van der Waals surface area contributed by atoms with Gasteiger partial charge >= 0.3 is 7.60 Å². The Hall–Kier alpha value is 0.110. The van der Waals surface area contributed by atoms with Crippen LogP contribution >= 0.6 is 7.60 Å². The van der Waals surface area contributed by atoms with Crippen molar-refractivity contribution in [2.75, 3.05) is 27.0 Å². The van der Waals surface area contributed by atoms with E-state index in [1.54, 1.807) is 0 Å². The van der Waals surface area contributed by atoms with Crippen molar-refractivity contribution in [3.63, 3.8) is 0 Å². The Labute approximate surface area is 60.7 Å². The van der Waals surface area contributed by atoms with Gasteiger partial charge in [0.1, 0.15) is 0 Å². The van der Waals surface area contributed by atoms with Gasteiger partial charge in [0.2, 0.25) is 0 Å². The molecule has 0 amide bonds. The van der Waals surface area contributed by atoms with Crippen molar-refractivity contribution >= 4 is 7.60 Å². The Bertz CT molecular complexity index is 125. The van der Waals surface area contributed by atoms with Gasteiger partial charge in [-0.1, -0.05) is 0 Å². The third-order valence-corrected chi connectivity index (χ3v) is 2.27. The van der Waals surface area contributed by atoms with E-state index in [0.29, 0.717) is 6.42 Å². The third-order valence-electron chi connectivity index (χ3n) is 0.960. The Balaban J connectivity index is 3.38. The van der Waals surface area contributed by atoms with Gasteiger partial charge in [-0.3, -0.25) is 4.57 Å². The topological polar surface area (TPSA) is 55.8 Å². The lowest BCUT2D eigenvalue weighted by Gasteiger charge is -2.09. The fourth-order valence-corrected chi connectivity index (χ4v) is 0.914. The minimum absolute atomic E-state index is 0.0454. The number of aliphatic hydroxyl groups is 1. The maximum Gasteiger partial charge on any atom is 0.327 e. The summed E-state index contributed by atoms with van der Waals surface area (Å²) in [6.45, 7) is 1.71. The zero-order valence-corrected chi connectivity index (χ0v) is 7.13. The molecule has 0 aliphatic carbocycles. The lowest BCUT2D eigenvalue weighted by Crippen LogP contribution is -1.95. The number of hydrogen-bond acceptors (Lipinski definition) is 4. The molecule has 10 heavy (non-hydrogen) atoms. The van der Waals surface area contributed by atoms with E-state index in [1.165, 1.54) is 13.8 Å². The molecule has 1 N–H and O–H groups in total. The van der Waals surface area contributed by atoms with E-state index in [2.05, 4.69) is 4.52 Å². The molecule has 0 aliphatic heterocycles. The van der Waals surface area contributed by atoms with Crippen LogP contribution in [0.3, 0.4) is 0 Å². The van der Waals surface area contributed by atoms with E-state index in [9.17, 15) is 4.57 Å². The summed E-state index contributed by atoms with van der Waals surface area (Å²) in [5.74, 6) is 0. The van der Waals surface area contributed by atoms with Gasteiger partial charge in [-0.25, -0.2) is 0 Å². The Kier molecular flexibility index (Phi) is 4.91. The van der Waals surface area contributed by atoms with Crippen LogP contribution in [0.5, 0.6) is 0 Å². The molecule has 62 valence electrons. The number of aliphatic hydroxyl groups excluding tert-OH is 1. The second kappa shape index (κ2) is 4.85. The van der Waals surface area contributed by atoms with E-state index in [4.69, 9.17) is 9.63 Å². The van der Waals surface area contributed by atoms with Crippen LogP contribution in [0.4, 0.5) is 0 Å². The fraction of sp³-hybridized carbons (Fsp3) is 1.00. The highest BCUT2D eigenvalue weighted by Crippen LogP contribution is 2.42. The van der Waals surface area contributed by atoms with Crippen molar-refractivity contribution in [2.45, 2.75) is 6.42 Å². The van der Waals surface area contributed by atoms with Gasteiger partial charge in [-0.2, -0.15) is 0 Å². The Morgan fingerprint density at radius 3 is 2.60 bits per heavy atom. The second-order valence-corrected chi connectivity index (χ2v) is 4.03. The molecule has 0 heterocycles. The van der Waals surface area contributed by atoms with Crippen molar-refractivity contribution in [3.05, 3.63) is 0 Å². The van der Waals surface area contributed by atoms with E-state index in [0.717, 1.165) is 0 Å². The fourth-order valence-electron chi connectivity index (χ4n) is 0.348. The zero-order chi connectivity index (χ0) is 8.04. The summed E-state index contributed by atoms with van der Waals surface area (Å²) in [4.78, 5) is 0. The summed E-state index contributed by atoms with van der Waals surface area (Å²) in [5.41, 5.74) is 0. The van der Waals surface area contributed by atoms with E-state index < -0.39 is 7.60 Å². The smallest absolute Gasteiger partial charge is 0.327 e. The van der Waals surface area contributed by atoms with Gasteiger partial charge in [0, 0.05) is 20.4 Å². The molecule has 1 atom stereocenters. The molecule has 0 aromatic carbocycles. The molecular weight excluding hydrogens is 155 g/mol. The monoisotopic (exact) mass is 168 g/mol. The van der Waals surface area contributed by atoms with Crippen LogP contribution in [0, 0.1) is 0 Å². The average molecular weight is 168 g/mol. The first-order valence-corrected chi connectivity index (χ1v) is 5.00. The van der Waals surface area contributed by atoms with Gasteiger partial charge in [0.25, 0.3) is 0 Å². The zero-order valence-electron chi connectivity index (χ0n) is 6.24. The molecule has 5 heteroatoms. The molecule has 0 rings (SSSR count). The maximum atomic E-state index is 10.9. The standard InChI is InChI=1S/C5H13O4P/c1-8-10(2,7)9-5-3-4-6/h6H,3-5H2,1-2H3. The average Bonchev–Trinajstić information content (AvgIpc) is 1.89. The summed E-state index contributed by atoms with van der Waals surface area (Å²) < 4.78 is 20.3. The first kappa shape index (κ1) is 10.1. The lowest BCUT2D eigenvalue weighted by atomic mass is 10.5. The second-order valence-electron chi connectivity index (χ2n) is 1.86. The van der Waals surface area contributed by atoms with Crippen LogP contribution < -0.4 is 0 Å². The molecule has 0 bridgehead atoms. The molecule has 0 spiro atoms. The lowest BCUT2D eigenvalue weighted by molar-refractivity contribution is 0.204. The van der Waals surface area contributed by atoms with E-state index >= 15 is 0 Å². The van der Waals surface area contributed by atoms with Crippen molar-refractivity contribution in [3.8, 4) is 0 Å². The minimum atomic E-state index is -2.81. The van der Waals surface area contributed by atoms with Crippen LogP contribution in [0.15, 0.2) is 0 Å². The molecule has 0 aromatic rings. The normalized spacial score (nSPS) is 16.7. The van der Waals surface area contributed by atoms with Crippen molar-refractivity contribution in [1.29, 1.82) is 0 Å². The Morgan fingerprint density at radius 2 is 2.20 bits per heavy atom. The van der Waals surface area contributed by atoms with Crippen molar-refractivity contribution < 1.29 is 18.7 Å². The predicted octanol–water partition coefficient (Wildman–Crippen LogP) is 0.855. The summed E-state index contributed by atoms with van der Waals surface area (Å²) >= 11 is 0. The molecule has 0 radical (unpaired) electrons. The molecule has 1 unspecified atom stereocenters. The predicted molar refractivity (Wildman–Crippen MR) is 38.2 cm³/mol. The highest BCUT2D eigenvalue weighted by atomic mass is 31.2. The summed E-state index contributed by atoms with van der Waals surface area (Å²) in [6.07, 6.45) is 0.487. The molecule has 0 fully saturated rings. The van der Waals surface area contributed by atoms with Crippen LogP contribution in [-0.2, 0) is 13.6 Å². The van der Waals surface area contributed by atoms with E-state index in [1.807, 2.05) is 0 Å². The first-order chi connectivity index (χ1) is 4.62. The van der Waals surface area contributed by atoms with Gasteiger partial charge < -0.3 is 14.2 Å². The van der Waals surface area contributed by atoms with Gasteiger partial charge in [0.05, 0.1) is 6.61 Å². The maximum absolute atomic E-state index is 10.9. The third kappa shape index (κ3) is 4.94. The molecule has 0 saturated carbocycles. The summed E-state index contributed by atoms with van der Waals surface area (Å²) in [6, 6.07) is 0. The molecule has 4 nitrogen and oxygen atoms in total.